The van der Waals surface area contributed by atoms with E-state index < -0.39 is 5.91 Å². The fourth-order valence-electron chi connectivity index (χ4n) is 4.34. The predicted octanol–water partition coefficient (Wildman–Crippen LogP) is 3.80. The van der Waals surface area contributed by atoms with E-state index in [1.165, 1.54) is 16.5 Å². The number of hydrogen-bond acceptors (Lipinski definition) is 5. The predicted molar refractivity (Wildman–Crippen MR) is 136 cm³/mol. The van der Waals surface area contributed by atoms with Crippen LogP contribution in [-0.4, -0.2) is 32.6 Å². The monoisotopic (exact) mass is 499 g/mol. The molecule has 1 fully saturated rings. The highest BCUT2D eigenvalue weighted by atomic mass is 35.5. The Bertz CT molecular complexity index is 1690. The molecular formula is C27H22ClN5O3. The topological polar surface area (TPSA) is 102 Å². The Balaban J connectivity index is 1.73. The summed E-state index contributed by atoms with van der Waals surface area (Å²) in [6, 6.07) is 14.2. The maximum absolute atomic E-state index is 13.4. The average Bonchev–Trinajstić information content (AvgIpc) is 3.39. The van der Waals surface area contributed by atoms with Gasteiger partial charge in [-0.15, -0.1) is 0 Å². The van der Waals surface area contributed by atoms with Gasteiger partial charge in [0.1, 0.15) is 17.4 Å². The lowest BCUT2D eigenvalue weighted by atomic mass is 10.2. The Hall–Kier alpha value is -4.06. The molecule has 1 saturated heterocycles. The summed E-state index contributed by atoms with van der Waals surface area (Å²) in [6.07, 6.45) is 6.20. The van der Waals surface area contributed by atoms with Gasteiger partial charge in [-0.1, -0.05) is 29.8 Å². The molecule has 0 unspecified atom stereocenters. The van der Waals surface area contributed by atoms with Gasteiger partial charge in [0.05, 0.1) is 23.6 Å². The van der Waals surface area contributed by atoms with Crippen LogP contribution < -0.4 is 11.0 Å². The molecule has 5 rings (SSSR count). The van der Waals surface area contributed by atoms with Gasteiger partial charge in [-0.2, -0.15) is 10.3 Å². The Morgan fingerprint density at radius 2 is 2.11 bits per heavy atom. The molecule has 9 heteroatoms. The number of fused-ring (bicyclic) bond motifs is 2. The van der Waals surface area contributed by atoms with Gasteiger partial charge in [-0.25, -0.2) is 4.98 Å². The van der Waals surface area contributed by atoms with E-state index in [0.29, 0.717) is 29.5 Å². The molecular weight excluding hydrogens is 478 g/mol. The van der Waals surface area contributed by atoms with Gasteiger partial charge in [0.2, 0.25) is 0 Å². The maximum Gasteiger partial charge on any atom is 0.271 e. The highest BCUT2D eigenvalue weighted by molar-refractivity contribution is 6.30. The molecule has 0 N–H and O–H groups in total. The fraction of sp³-hybridized carbons (Fsp3) is 0.222. The third-order valence-corrected chi connectivity index (χ3v) is 6.39. The number of aromatic nitrogens is 3. The quantitative estimate of drug-likeness (QED) is 0.314. The van der Waals surface area contributed by atoms with Crippen molar-refractivity contribution in [1.29, 1.82) is 5.26 Å². The number of hydrogen-bond donors (Lipinski definition) is 0. The van der Waals surface area contributed by atoms with E-state index in [4.69, 9.17) is 21.3 Å². The zero-order valence-corrected chi connectivity index (χ0v) is 20.3. The molecule has 0 aliphatic carbocycles. The van der Waals surface area contributed by atoms with Gasteiger partial charge in [0.25, 0.3) is 11.5 Å². The van der Waals surface area contributed by atoms with E-state index in [1.54, 1.807) is 47.2 Å². The number of aryl methyl sites for hydroxylation is 1. The minimum Gasteiger partial charge on any atom is -0.376 e. The number of ether oxygens (including phenoxy) is 1. The Morgan fingerprint density at radius 1 is 1.31 bits per heavy atom. The average molecular weight is 500 g/mol. The Morgan fingerprint density at radius 3 is 2.83 bits per heavy atom. The second kappa shape index (κ2) is 9.90. The first-order chi connectivity index (χ1) is 17.4. The molecule has 0 radical (unpaired) electrons. The summed E-state index contributed by atoms with van der Waals surface area (Å²) in [4.78, 5) is 35.3. The molecule has 8 nitrogen and oxygen atoms in total. The lowest BCUT2D eigenvalue weighted by Crippen LogP contribution is -2.32. The molecule has 0 bridgehead atoms. The molecule has 1 aliphatic rings. The van der Waals surface area contributed by atoms with Crippen molar-refractivity contribution in [3.05, 3.63) is 92.3 Å². The van der Waals surface area contributed by atoms with E-state index in [-0.39, 0.29) is 28.1 Å². The van der Waals surface area contributed by atoms with E-state index in [9.17, 15) is 14.9 Å². The Kier molecular flexibility index (Phi) is 6.51. The van der Waals surface area contributed by atoms with Crippen molar-refractivity contribution in [2.75, 3.05) is 6.61 Å². The number of rotatable bonds is 4. The van der Waals surface area contributed by atoms with Gasteiger partial charge >= 0.3 is 0 Å². The fourth-order valence-corrected chi connectivity index (χ4v) is 4.46. The summed E-state index contributed by atoms with van der Waals surface area (Å²) in [5, 5.41) is 10.8. The molecule has 180 valence electrons. The van der Waals surface area contributed by atoms with Crippen molar-refractivity contribution in [1.82, 2.24) is 14.0 Å². The molecule has 1 aliphatic heterocycles. The van der Waals surface area contributed by atoms with Crippen molar-refractivity contribution in [2.24, 2.45) is 4.99 Å². The first kappa shape index (κ1) is 23.7. The second-order valence-corrected chi connectivity index (χ2v) is 9.05. The number of carbonyl (C=O) groups is 1. The van der Waals surface area contributed by atoms with Crippen molar-refractivity contribution < 1.29 is 9.53 Å². The summed E-state index contributed by atoms with van der Waals surface area (Å²) in [5.74, 6) is -0.546. The third kappa shape index (κ3) is 4.59. The normalized spacial score (nSPS) is 16.2. The molecule has 1 amide bonds. The van der Waals surface area contributed by atoms with Crippen LogP contribution in [0.2, 0.25) is 5.02 Å². The number of pyridine rings is 2. The minimum absolute atomic E-state index is 0.111. The SMILES string of the molecule is Cc1cccn2c(=O)c3cc(C#N)c(=NC(=O)/C=C/c4ccc(Cl)cc4)n(C[C@H]4CCCO4)c3nc12. The largest absolute Gasteiger partial charge is 0.376 e. The molecule has 36 heavy (non-hydrogen) atoms. The van der Waals surface area contributed by atoms with Gasteiger partial charge in [0.15, 0.2) is 5.49 Å². The van der Waals surface area contributed by atoms with Crippen molar-refractivity contribution >= 4 is 40.3 Å². The number of amides is 1. The van der Waals surface area contributed by atoms with Crippen LogP contribution in [0.25, 0.3) is 22.8 Å². The van der Waals surface area contributed by atoms with Crippen LogP contribution >= 0.6 is 11.6 Å². The number of benzene rings is 1. The first-order valence-electron chi connectivity index (χ1n) is 11.5. The highest BCUT2D eigenvalue weighted by Gasteiger charge is 2.21. The van der Waals surface area contributed by atoms with Crippen LogP contribution in [0.3, 0.4) is 0 Å². The lowest BCUT2D eigenvalue weighted by Gasteiger charge is -2.17. The number of carbonyl (C=O) groups excluding carboxylic acids is 1. The zero-order valence-electron chi connectivity index (χ0n) is 19.5. The van der Waals surface area contributed by atoms with E-state index >= 15 is 0 Å². The number of nitrogens with zero attached hydrogens (tertiary/aromatic N) is 5. The zero-order chi connectivity index (χ0) is 25.2. The lowest BCUT2D eigenvalue weighted by molar-refractivity contribution is -0.113. The van der Waals surface area contributed by atoms with Gasteiger partial charge in [-0.05, 0) is 61.2 Å². The molecule has 0 spiro atoms. The Labute approximate surface area is 211 Å². The molecule has 1 atom stereocenters. The van der Waals surface area contributed by atoms with E-state index in [2.05, 4.69) is 11.1 Å². The highest BCUT2D eigenvalue weighted by Crippen LogP contribution is 2.18. The van der Waals surface area contributed by atoms with Crippen LogP contribution in [0.4, 0.5) is 0 Å². The summed E-state index contributed by atoms with van der Waals surface area (Å²) >= 11 is 5.92. The summed E-state index contributed by atoms with van der Waals surface area (Å²) in [7, 11) is 0. The van der Waals surface area contributed by atoms with Crippen LogP contribution in [0.5, 0.6) is 0 Å². The van der Waals surface area contributed by atoms with Gasteiger partial charge in [0, 0.05) is 23.9 Å². The third-order valence-electron chi connectivity index (χ3n) is 6.14. The van der Waals surface area contributed by atoms with Gasteiger partial charge < -0.3 is 9.30 Å². The van der Waals surface area contributed by atoms with E-state index in [1.807, 2.05) is 13.0 Å². The maximum atomic E-state index is 13.4. The minimum atomic E-state index is -0.546. The summed E-state index contributed by atoms with van der Waals surface area (Å²) in [5.41, 5.74) is 2.43. The number of nitriles is 1. The van der Waals surface area contributed by atoms with Crippen molar-refractivity contribution in [3.63, 3.8) is 0 Å². The van der Waals surface area contributed by atoms with Crippen LogP contribution in [0.1, 0.15) is 29.5 Å². The van der Waals surface area contributed by atoms with Crippen LogP contribution in [0.15, 0.2) is 64.5 Å². The molecule has 0 saturated carbocycles. The smallest absolute Gasteiger partial charge is 0.271 e. The molecule has 1 aromatic carbocycles. The van der Waals surface area contributed by atoms with Gasteiger partial charge in [-0.3, -0.25) is 14.0 Å². The molecule has 4 heterocycles. The van der Waals surface area contributed by atoms with E-state index in [0.717, 1.165) is 24.0 Å². The second-order valence-electron chi connectivity index (χ2n) is 8.61. The van der Waals surface area contributed by atoms with Crippen LogP contribution in [0, 0.1) is 18.3 Å². The van der Waals surface area contributed by atoms with Crippen molar-refractivity contribution in [2.45, 2.75) is 32.4 Å². The molecule has 3 aromatic heterocycles. The molecule has 4 aromatic rings. The first-order valence-corrected chi connectivity index (χ1v) is 11.9. The standard InChI is InChI=1S/C27H22ClN5O3/c1-17-4-2-12-32-24(17)31-26-22(27(32)35)14-19(15-29)25(33(26)16-21-5-3-13-36-21)30-23(34)11-8-18-6-9-20(28)10-7-18/h2,4,6-12,14,21H,3,5,13,16H2,1H3/b11-8+,30-25?/t21-/m1/s1. The van der Waals surface area contributed by atoms with Crippen molar-refractivity contribution in [3.8, 4) is 6.07 Å². The summed E-state index contributed by atoms with van der Waals surface area (Å²) in [6.45, 7) is 2.82. The van der Waals surface area contributed by atoms with Crippen LogP contribution in [-0.2, 0) is 16.1 Å². The summed E-state index contributed by atoms with van der Waals surface area (Å²) < 4.78 is 8.97. The number of halogens is 1.